The van der Waals surface area contributed by atoms with Crippen LogP contribution in [-0.4, -0.2) is 12.6 Å². The fraction of sp³-hybridized carbons (Fsp3) is 0.692. The summed E-state index contributed by atoms with van der Waals surface area (Å²) in [6.45, 7) is 8.78. The SMILES string of the molecule is CCCC(C)OCc1occc1CNCC. The molecule has 1 aromatic rings. The number of furan rings is 1. The molecule has 0 fully saturated rings. The van der Waals surface area contributed by atoms with E-state index in [1.54, 1.807) is 6.26 Å². The molecule has 0 saturated carbocycles. The van der Waals surface area contributed by atoms with Crippen molar-refractivity contribution in [3.63, 3.8) is 0 Å². The molecule has 0 saturated heterocycles. The van der Waals surface area contributed by atoms with Gasteiger partial charge in [0.1, 0.15) is 12.4 Å². The van der Waals surface area contributed by atoms with Gasteiger partial charge in [-0.3, -0.25) is 0 Å². The van der Waals surface area contributed by atoms with Crippen molar-refractivity contribution in [2.45, 2.75) is 52.9 Å². The Morgan fingerprint density at radius 1 is 1.44 bits per heavy atom. The lowest BCUT2D eigenvalue weighted by Crippen LogP contribution is -2.13. The Morgan fingerprint density at radius 3 is 2.94 bits per heavy atom. The molecule has 16 heavy (non-hydrogen) atoms. The number of ether oxygens (including phenoxy) is 1. The van der Waals surface area contributed by atoms with Crippen molar-refractivity contribution in [1.29, 1.82) is 0 Å². The van der Waals surface area contributed by atoms with Gasteiger partial charge in [0.05, 0.1) is 12.4 Å². The first kappa shape index (κ1) is 13.3. The van der Waals surface area contributed by atoms with Crippen molar-refractivity contribution in [3.05, 3.63) is 23.7 Å². The van der Waals surface area contributed by atoms with Gasteiger partial charge in [0.15, 0.2) is 0 Å². The summed E-state index contributed by atoms with van der Waals surface area (Å²) in [5.41, 5.74) is 1.20. The van der Waals surface area contributed by atoms with Gasteiger partial charge in [-0.05, 0) is 26.0 Å². The highest BCUT2D eigenvalue weighted by Gasteiger charge is 2.08. The summed E-state index contributed by atoms with van der Waals surface area (Å²) in [5.74, 6) is 0.948. The normalized spacial score (nSPS) is 12.9. The minimum atomic E-state index is 0.307. The highest BCUT2D eigenvalue weighted by Crippen LogP contribution is 2.13. The molecule has 3 nitrogen and oxygen atoms in total. The summed E-state index contributed by atoms with van der Waals surface area (Å²) in [6.07, 6.45) is 4.30. The van der Waals surface area contributed by atoms with E-state index in [4.69, 9.17) is 9.15 Å². The molecule has 1 N–H and O–H groups in total. The molecule has 0 radical (unpaired) electrons. The van der Waals surface area contributed by atoms with Crippen LogP contribution in [0.15, 0.2) is 16.7 Å². The topological polar surface area (TPSA) is 34.4 Å². The Morgan fingerprint density at radius 2 is 2.25 bits per heavy atom. The maximum atomic E-state index is 5.73. The third-order valence-electron chi connectivity index (χ3n) is 2.60. The Balaban J connectivity index is 2.37. The third-order valence-corrected chi connectivity index (χ3v) is 2.60. The van der Waals surface area contributed by atoms with Crippen molar-refractivity contribution in [2.75, 3.05) is 6.54 Å². The molecule has 1 atom stereocenters. The average Bonchev–Trinajstić information content (AvgIpc) is 2.71. The molecule has 0 aromatic carbocycles. The molecule has 0 aliphatic heterocycles. The van der Waals surface area contributed by atoms with E-state index in [2.05, 4.69) is 26.1 Å². The molecule has 1 aromatic heterocycles. The predicted molar refractivity (Wildman–Crippen MR) is 65.2 cm³/mol. The van der Waals surface area contributed by atoms with Gasteiger partial charge in [0, 0.05) is 12.1 Å². The highest BCUT2D eigenvalue weighted by molar-refractivity contribution is 5.16. The van der Waals surface area contributed by atoms with Crippen LogP contribution >= 0.6 is 0 Å². The van der Waals surface area contributed by atoms with Gasteiger partial charge < -0.3 is 14.5 Å². The van der Waals surface area contributed by atoms with E-state index in [0.29, 0.717) is 12.7 Å². The summed E-state index contributed by atoms with van der Waals surface area (Å²) in [5, 5.41) is 3.29. The molecule has 1 heterocycles. The van der Waals surface area contributed by atoms with Gasteiger partial charge in [-0.25, -0.2) is 0 Å². The first-order chi connectivity index (χ1) is 7.77. The third kappa shape index (κ3) is 4.37. The molecule has 0 bridgehead atoms. The van der Waals surface area contributed by atoms with E-state index < -0.39 is 0 Å². The van der Waals surface area contributed by atoms with Gasteiger partial charge >= 0.3 is 0 Å². The molecule has 1 unspecified atom stereocenters. The predicted octanol–water partition coefficient (Wildman–Crippen LogP) is 3.09. The van der Waals surface area contributed by atoms with Crippen LogP contribution < -0.4 is 5.32 Å². The van der Waals surface area contributed by atoms with Gasteiger partial charge in [-0.1, -0.05) is 20.3 Å². The van der Waals surface area contributed by atoms with E-state index in [0.717, 1.165) is 31.7 Å². The molecule has 0 spiro atoms. The van der Waals surface area contributed by atoms with Crippen LogP contribution in [0.3, 0.4) is 0 Å². The lowest BCUT2D eigenvalue weighted by atomic mass is 10.2. The minimum absolute atomic E-state index is 0.307. The zero-order chi connectivity index (χ0) is 11.8. The van der Waals surface area contributed by atoms with E-state index in [1.807, 2.05) is 6.07 Å². The minimum Gasteiger partial charge on any atom is -0.467 e. The molecule has 1 rings (SSSR count). The Hall–Kier alpha value is -0.800. The van der Waals surface area contributed by atoms with Crippen LogP contribution in [0.25, 0.3) is 0 Å². The molecule has 0 amide bonds. The van der Waals surface area contributed by atoms with Crippen LogP contribution in [0.5, 0.6) is 0 Å². The lowest BCUT2D eigenvalue weighted by molar-refractivity contribution is 0.0366. The summed E-state index contributed by atoms with van der Waals surface area (Å²) < 4.78 is 11.2. The monoisotopic (exact) mass is 225 g/mol. The van der Waals surface area contributed by atoms with E-state index in [9.17, 15) is 0 Å². The Kier molecular flexibility index (Phi) is 6.19. The summed E-state index contributed by atoms with van der Waals surface area (Å²) in [7, 11) is 0. The molecule has 0 aliphatic carbocycles. The van der Waals surface area contributed by atoms with Gasteiger partial charge in [0.25, 0.3) is 0 Å². The number of rotatable bonds is 8. The Labute approximate surface area is 98.2 Å². The van der Waals surface area contributed by atoms with Crippen LogP contribution in [0.4, 0.5) is 0 Å². The zero-order valence-electron chi connectivity index (χ0n) is 10.6. The molecule has 3 heteroatoms. The second kappa shape index (κ2) is 7.47. The molecular formula is C13H23NO2. The van der Waals surface area contributed by atoms with Gasteiger partial charge in [0.2, 0.25) is 0 Å². The number of hydrogen-bond acceptors (Lipinski definition) is 3. The van der Waals surface area contributed by atoms with Crippen molar-refractivity contribution >= 4 is 0 Å². The Bertz CT molecular complexity index is 283. The number of hydrogen-bond donors (Lipinski definition) is 1. The van der Waals surface area contributed by atoms with Crippen molar-refractivity contribution in [2.24, 2.45) is 0 Å². The summed E-state index contributed by atoms with van der Waals surface area (Å²) in [4.78, 5) is 0. The van der Waals surface area contributed by atoms with E-state index >= 15 is 0 Å². The summed E-state index contributed by atoms with van der Waals surface area (Å²) >= 11 is 0. The summed E-state index contributed by atoms with van der Waals surface area (Å²) in [6, 6.07) is 2.01. The van der Waals surface area contributed by atoms with Crippen LogP contribution in [-0.2, 0) is 17.9 Å². The van der Waals surface area contributed by atoms with Gasteiger partial charge in [-0.2, -0.15) is 0 Å². The van der Waals surface area contributed by atoms with Crippen LogP contribution in [0, 0.1) is 0 Å². The van der Waals surface area contributed by atoms with Crippen LogP contribution in [0.2, 0.25) is 0 Å². The fourth-order valence-electron chi connectivity index (χ4n) is 1.62. The average molecular weight is 225 g/mol. The van der Waals surface area contributed by atoms with E-state index in [1.165, 1.54) is 5.56 Å². The maximum absolute atomic E-state index is 5.73. The maximum Gasteiger partial charge on any atom is 0.133 e. The molecule has 0 aliphatic rings. The fourth-order valence-corrected chi connectivity index (χ4v) is 1.62. The number of nitrogens with one attached hydrogen (secondary N) is 1. The van der Waals surface area contributed by atoms with E-state index in [-0.39, 0.29) is 0 Å². The first-order valence-electron chi connectivity index (χ1n) is 6.15. The van der Waals surface area contributed by atoms with Crippen molar-refractivity contribution in [3.8, 4) is 0 Å². The smallest absolute Gasteiger partial charge is 0.133 e. The lowest BCUT2D eigenvalue weighted by Gasteiger charge is -2.11. The zero-order valence-corrected chi connectivity index (χ0v) is 10.6. The first-order valence-corrected chi connectivity index (χ1v) is 6.15. The van der Waals surface area contributed by atoms with Crippen molar-refractivity contribution in [1.82, 2.24) is 5.32 Å². The quantitative estimate of drug-likeness (QED) is 0.738. The molecule has 92 valence electrons. The second-order valence-electron chi connectivity index (χ2n) is 4.06. The molecular weight excluding hydrogens is 202 g/mol. The standard InChI is InChI=1S/C13H23NO2/c1-4-6-11(3)16-10-13-12(7-8-15-13)9-14-5-2/h7-8,11,14H,4-6,9-10H2,1-3H3. The van der Waals surface area contributed by atoms with Crippen LogP contribution in [0.1, 0.15) is 44.9 Å². The van der Waals surface area contributed by atoms with Gasteiger partial charge in [-0.15, -0.1) is 0 Å². The second-order valence-corrected chi connectivity index (χ2v) is 4.06. The largest absolute Gasteiger partial charge is 0.467 e. The highest BCUT2D eigenvalue weighted by atomic mass is 16.5. The van der Waals surface area contributed by atoms with Crippen molar-refractivity contribution < 1.29 is 9.15 Å².